The molecule has 0 saturated heterocycles. The number of phenols is 1. The molecule has 3 rings (SSSR count). The summed E-state index contributed by atoms with van der Waals surface area (Å²) in [6, 6.07) is 16.1. The van der Waals surface area contributed by atoms with Crippen LogP contribution in [0.5, 0.6) is 5.75 Å². The fraction of sp³-hybridized carbons (Fsp3) is 0.0667. The molecule has 0 aliphatic carbocycles. The van der Waals surface area contributed by atoms with E-state index in [1.165, 1.54) is 0 Å². The molecule has 0 amide bonds. The molecule has 1 aliphatic heterocycles. The molecule has 0 aromatic heterocycles. The van der Waals surface area contributed by atoms with E-state index >= 15 is 0 Å². The fourth-order valence-corrected chi connectivity index (χ4v) is 2.13. The number of guanidine groups is 1. The Labute approximate surface area is 122 Å². The second kappa shape index (κ2) is 5.26. The Balaban J connectivity index is 1.94. The first kappa shape index (κ1) is 13.1. The minimum Gasteiger partial charge on any atom is -0.508 e. The van der Waals surface area contributed by atoms with Gasteiger partial charge in [-0.05, 0) is 24.3 Å². The Bertz CT molecular complexity index is 694. The zero-order chi connectivity index (χ0) is 14.8. The first-order chi connectivity index (χ1) is 10.1. The van der Waals surface area contributed by atoms with Gasteiger partial charge in [0.15, 0.2) is 12.1 Å². The first-order valence-corrected chi connectivity index (χ1v) is 6.46. The largest absolute Gasteiger partial charge is 0.508 e. The van der Waals surface area contributed by atoms with Gasteiger partial charge >= 0.3 is 0 Å². The van der Waals surface area contributed by atoms with E-state index in [1.54, 1.807) is 29.2 Å². The van der Waals surface area contributed by atoms with Gasteiger partial charge in [0.25, 0.3) is 0 Å². The van der Waals surface area contributed by atoms with Crippen LogP contribution in [0.4, 0.5) is 5.69 Å². The minimum atomic E-state index is -0.665. The van der Waals surface area contributed by atoms with Gasteiger partial charge < -0.3 is 10.8 Å². The Hall–Kier alpha value is -2.86. The highest BCUT2D eigenvalue weighted by molar-refractivity contribution is 6.11. The highest BCUT2D eigenvalue weighted by Gasteiger charge is 2.23. The lowest BCUT2D eigenvalue weighted by Crippen LogP contribution is -2.51. The third-order valence-corrected chi connectivity index (χ3v) is 3.15. The van der Waals surface area contributed by atoms with E-state index in [0.717, 1.165) is 11.3 Å². The quantitative estimate of drug-likeness (QED) is 0.770. The van der Waals surface area contributed by atoms with Crippen molar-refractivity contribution < 1.29 is 5.11 Å². The van der Waals surface area contributed by atoms with E-state index < -0.39 is 6.29 Å². The molecule has 1 unspecified atom stereocenters. The first-order valence-electron chi connectivity index (χ1n) is 6.46. The Morgan fingerprint density at radius 2 is 1.67 bits per heavy atom. The smallest absolute Gasteiger partial charge is 0.205 e. The van der Waals surface area contributed by atoms with Crippen molar-refractivity contribution in [2.75, 3.05) is 4.90 Å². The van der Waals surface area contributed by atoms with Crippen molar-refractivity contribution >= 4 is 17.5 Å². The van der Waals surface area contributed by atoms with Gasteiger partial charge in [-0.25, -0.2) is 4.99 Å². The summed E-state index contributed by atoms with van der Waals surface area (Å²) in [6.45, 7) is 0. The maximum absolute atomic E-state index is 9.34. The minimum absolute atomic E-state index is 0.174. The zero-order valence-corrected chi connectivity index (χ0v) is 11.2. The molecule has 1 atom stereocenters. The van der Waals surface area contributed by atoms with Gasteiger partial charge in [0.05, 0.1) is 0 Å². The third-order valence-electron chi connectivity index (χ3n) is 3.15. The van der Waals surface area contributed by atoms with Crippen LogP contribution in [0.25, 0.3) is 0 Å². The molecule has 2 aromatic rings. The molecular weight excluding hydrogens is 266 g/mol. The van der Waals surface area contributed by atoms with E-state index in [2.05, 4.69) is 9.98 Å². The number of aliphatic imine (C=N–C) groups is 2. The van der Waals surface area contributed by atoms with Gasteiger partial charge in [-0.1, -0.05) is 30.3 Å². The number of benzene rings is 2. The molecule has 0 radical (unpaired) electrons. The zero-order valence-electron chi connectivity index (χ0n) is 11.2. The van der Waals surface area contributed by atoms with Crippen molar-refractivity contribution in [2.45, 2.75) is 6.29 Å². The SMILES string of the molecule is NC1=NC(c2ccccc2)=NC(N)N1c1ccc(O)cc1. The van der Waals surface area contributed by atoms with Gasteiger partial charge in [0.1, 0.15) is 5.75 Å². The van der Waals surface area contributed by atoms with Crippen LogP contribution in [0, 0.1) is 0 Å². The van der Waals surface area contributed by atoms with Gasteiger partial charge in [-0.15, -0.1) is 0 Å². The van der Waals surface area contributed by atoms with Crippen molar-refractivity contribution in [1.82, 2.24) is 0 Å². The van der Waals surface area contributed by atoms with Crippen LogP contribution in [0.2, 0.25) is 0 Å². The summed E-state index contributed by atoms with van der Waals surface area (Å²) in [6.07, 6.45) is -0.665. The molecule has 6 heteroatoms. The summed E-state index contributed by atoms with van der Waals surface area (Å²) in [5.74, 6) is 0.950. The van der Waals surface area contributed by atoms with Crippen molar-refractivity contribution in [3.63, 3.8) is 0 Å². The standard InChI is InChI=1S/C15H15N5O/c16-14-18-13(10-4-2-1-3-5-10)19-15(17)20(14)11-6-8-12(21)9-7-11/h1-9,14,21H,16H2,(H2,17,18,19). The monoisotopic (exact) mass is 281 g/mol. The van der Waals surface area contributed by atoms with Crippen molar-refractivity contribution in [2.24, 2.45) is 21.5 Å². The highest BCUT2D eigenvalue weighted by Crippen LogP contribution is 2.22. The van der Waals surface area contributed by atoms with Gasteiger partial charge in [0.2, 0.25) is 5.96 Å². The van der Waals surface area contributed by atoms with Crippen molar-refractivity contribution in [3.05, 3.63) is 60.2 Å². The number of phenolic OH excluding ortho intramolecular Hbond substituents is 1. The number of rotatable bonds is 2. The maximum Gasteiger partial charge on any atom is 0.205 e. The number of hydrogen-bond acceptors (Lipinski definition) is 6. The summed E-state index contributed by atoms with van der Waals surface area (Å²) in [5.41, 5.74) is 13.7. The summed E-state index contributed by atoms with van der Waals surface area (Å²) in [4.78, 5) is 10.3. The number of aromatic hydroxyl groups is 1. The predicted molar refractivity (Wildman–Crippen MR) is 83.2 cm³/mol. The van der Waals surface area contributed by atoms with Crippen LogP contribution in [0.1, 0.15) is 5.56 Å². The number of hydrogen-bond donors (Lipinski definition) is 3. The van der Waals surface area contributed by atoms with E-state index in [9.17, 15) is 5.11 Å². The van der Waals surface area contributed by atoms with E-state index in [0.29, 0.717) is 5.84 Å². The second-order valence-corrected chi connectivity index (χ2v) is 4.59. The molecule has 6 nitrogen and oxygen atoms in total. The molecular formula is C15H15N5O. The molecule has 1 aliphatic rings. The molecule has 0 bridgehead atoms. The maximum atomic E-state index is 9.34. The van der Waals surface area contributed by atoms with Gasteiger partial charge in [-0.3, -0.25) is 10.6 Å². The van der Waals surface area contributed by atoms with Crippen LogP contribution >= 0.6 is 0 Å². The average Bonchev–Trinajstić information content (AvgIpc) is 2.49. The number of nitrogens with two attached hydrogens (primary N) is 2. The lowest BCUT2D eigenvalue weighted by atomic mass is 10.2. The lowest BCUT2D eigenvalue weighted by Gasteiger charge is -2.30. The molecule has 5 N–H and O–H groups in total. The Morgan fingerprint density at radius 3 is 2.29 bits per heavy atom. The highest BCUT2D eigenvalue weighted by atomic mass is 16.3. The van der Waals surface area contributed by atoms with Gasteiger partial charge in [-0.2, -0.15) is 4.99 Å². The van der Waals surface area contributed by atoms with E-state index in [1.807, 2.05) is 30.3 Å². The summed E-state index contributed by atoms with van der Waals surface area (Å²) < 4.78 is 0. The Morgan fingerprint density at radius 1 is 1.00 bits per heavy atom. The number of nitrogens with zero attached hydrogens (tertiary/aromatic N) is 3. The third kappa shape index (κ3) is 2.56. The molecule has 106 valence electrons. The van der Waals surface area contributed by atoms with Crippen LogP contribution in [-0.2, 0) is 0 Å². The van der Waals surface area contributed by atoms with Crippen molar-refractivity contribution in [3.8, 4) is 5.75 Å². The number of amidine groups is 1. The molecule has 0 fully saturated rings. The second-order valence-electron chi connectivity index (χ2n) is 4.59. The normalized spacial score (nSPS) is 18.1. The molecule has 0 spiro atoms. The number of anilines is 1. The summed E-state index contributed by atoms with van der Waals surface area (Å²) >= 11 is 0. The van der Waals surface area contributed by atoms with Crippen molar-refractivity contribution in [1.29, 1.82) is 0 Å². The fourth-order valence-electron chi connectivity index (χ4n) is 2.13. The summed E-state index contributed by atoms with van der Waals surface area (Å²) in [7, 11) is 0. The molecule has 21 heavy (non-hydrogen) atoms. The predicted octanol–water partition coefficient (Wildman–Crippen LogP) is 1.22. The van der Waals surface area contributed by atoms with Crippen LogP contribution in [0.15, 0.2) is 64.6 Å². The van der Waals surface area contributed by atoms with Crippen LogP contribution < -0.4 is 16.4 Å². The summed E-state index contributed by atoms with van der Waals surface area (Å²) in [5, 5.41) is 9.34. The van der Waals surface area contributed by atoms with Gasteiger partial charge in [0, 0.05) is 11.3 Å². The topological polar surface area (TPSA) is 100 Å². The Kier molecular flexibility index (Phi) is 3.29. The van der Waals surface area contributed by atoms with Crippen LogP contribution in [-0.4, -0.2) is 23.2 Å². The molecule has 1 heterocycles. The average molecular weight is 281 g/mol. The van der Waals surface area contributed by atoms with Crippen LogP contribution in [0.3, 0.4) is 0 Å². The van der Waals surface area contributed by atoms with E-state index in [4.69, 9.17) is 11.5 Å². The lowest BCUT2D eigenvalue weighted by molar-refractivity contribution is 0.475. The molecule has 2 aromatic carbocycles. The molecule has 0 saturated carbocycles. The van der Waals surface area contributed by atoms with E-state index in [-0.39, 0.29) is 11.7 Å².